The average molecular weight is 494 g/mol. The van der Waals surface area contributed by atoms with E-state index in [1.54, 1.807) is 0 Å². The highest BCUT2D eigenvalue weighted by Gasteiger charge is 2.20. The lowest BCUT2D eigenvalue weighted by Crippen LogP contribution is -2.46. The van der Waals surface area contributed by atoms with E-state index < -0.39 is 0 Å². The molecule has 27 heavy (non-hydrogen) atoms. The Bertz CT molecular complexity index is 552. The minimum atomic E-state index is 0. The van der Waals surface area contributed by atoms with E-state index in [-0.39, 0.29) is 30.1 Å². The molecule has 1 aromatic rings. The molecule has 1 aliphatic heterocycles. The lowest BCUT2D eigenvalue weighted by atomic mass is 10.2. The third kappa shape index (κ3) is 9.70. The van der Waals surface area contributed by atoms with Crippen molar-refractivity contribution in [2.75, 3.05) is 45.9 Å². The molecular formula is C18H35IN6O2. The number of nitrogens with one attached hydrogen (secondary N) is 2. The highest BCUT2D eigenvalue weighted by Crippen LogP contribution is 2.08. The minimum Gasteiger partial charge on any atom is -0.374 e. The second-order valence-corrected chi connectivity index (χ2v) is 7.13. The summed E-state index contributed by atoms with van der Waals surface area (Å²) in [5.74, 6) is 2.88. The van der Waals surface area contributed by atoms with Gasteiger partial charge in [0.2, 0.25) is 5.89 Å². The summed E-state index contributed by atoms with van der Waals surface area (Å²) >= 11 is 0. The van der Waals surface area contributed by atoms with Crippen LogP contribution in [0.4, 0.5) is 0 Å². The van der Waals surface area contributed by atoms with Gasteiger partial charge in [-0.3, -0.25) is 9.89 Å². The van der Waals surface area contributed by atoms with Gasteiger partial charge in [0.05, 0.1) is 19.3 Å². The van der Waals surface area contributed by atoms with Crippen molar-refractivity contribution in [3.8, 4) is 0 Å². The molecular weight excluding hydrogens is 459 g/mol. The van der Waals surface area contributed by atoms with Crippen LogP contribution in [-0.4, -0.2) is 73.0 Å². The van der Waals surface area contributed by atoms with Crippen LogP contribution in [0.15, 0.2) is 9.52 Å². The highest BCUT2D eigenvalue weighted by molar-refractivity contribution is 14.0. The zero-order valence-electron chi connectivity index (χ0n) is 17.0. The van der Waals surface area contributed by atoms with E-state index in [1.807, 2.05) is 6.92 Å². The molecule has 0 spiro atoms. The number of aromatic nitrogens is 2. The molecule has 0 saturated carbocycles. The molecule has 1 aliphatic rings. The van der Waals surface area contributed by atoms with Crippen molar-refractivity contribution in [2.24, 2.45) is 10.9 Å². The maximum absolute atomic E-state index is 5.87. The van der Waals surface area contributed by atoms with E-state index in [9.17, 15) is 0 Å². The van der Waals surface area contributed by atoms with Gasteiger partial charge in [0.15, 0.2) is 11.8 Å². The molecule has 1 saturated heterocycles. The Morgan fingerprint density at radius 1 is 1.37 bits per heavy atom. The molecule has 0 bridgehead atoms. The predicted octanol–water partition coefficient (Wildman–Crippen LogP) is 1.84. The number of hydrogen-bond acceptors (Lipinski definition) is 6. The molecule has 8 nitrogen and oxygen atoms in total. The molecule has 9 heteroatoms. The Morgan fingerprint density at radius 2 is 2.19 bits per heavy atom. The summed E-state index contributed by atoms with van der Waals surface area (Å²) in [6, 6.07) is 0. The van der Waals surface area contributed by atoms with Crippen molar-refractivity contribution in [2.45, 2.75) is 46.6 Å². The first kappa shape index (κ1) is 24.1. The van der Waals surface area contributed by atoms with Crippen LogP contribution >= 0.6 is 24.0 Å². The van der Waals surface area contributed by atoms with Crippen LogP contribution in [0.3, 0.4) is 0 Å². The molecule has 0 amide bonds. The van der Waals surface area contributed by atoms with E-state index >= 15 is 0 Å². The lowest BCUT2D eigenvalue weighted by Gasteiger charge is -2.33. The van der Waals surface area contributed by atoms with Crippen LogP contribution in [0, 0.1) is 12.8 Å². The number of rotatable bonds is 9. The maximum Gasteiger partial charge on any atom is 0.226 e. The number of aryl methyl sites for hydroxylation is 2. The van der Waals surface area contributed by atoms with Crippen LogP contribution in [-0.2, 0) is 11.2 Å². The third-order valence-corrected chi connectivity index (χ3v) is 4.07. The lowest BCUT2D eigenvalue weighted by molar-refractivity contribution is -0.0261. The number of guanidine groups is 1. The second-order valence-electron chi connectivity index (χ2n) is 7.13. The van der Waals surface area contributed by atoms with E-state index in [2.05, 4.69) is 46.4 Å². The Hall–Kier alpha value is -0.940. The molecule has 2 N–H and O–H groups in total. The van der Waals surface area contributed by atoms with Gasteiger partial charge in [0, 0.05) is 39.1 Å². The van der Waals surface area contributed by atoms with E-state index in [4.69, 9.17) is 14.3 Å². The molecule has 1 aromatic heterocycles. The van der Waals surface area contributed by atoms with Gasteiger partial charge in [-0.15, -0.1) is 24.0 Å². The van der Waals surface area contributed by atoms with Crippen LogP contribution in [0.1, 0.15) is 38.9 Å². The molecule has 2 rings (SSSR count). The van der Waals surface area contributed by atoms with Gasteiger partial charge < -0.3 is 19.9 Å². The first-order chi connectivity index (χ1) is 12.6. The standard InChI is InChI=1S/C18H34N6O2.HI/c1-5-19-18(20-8-6-7-17-22-15(4)23-26-17)21-11-16-13-24(9-10-25-16)12-14(2)3;/h14,16H,5-13H2,1-4H3,(H2,19,20,21);1H. The van der Waals surface area contributed by atoms with Crippen LogP contribution in [0.2, 0.25) is 0 Å². The van der Waals surface area contributed by atoms with E-state index in [1.165, 1.54) is 0 Å². The number of nitrogens with zero attached hydrogens (tertiary/aromatic N) is 4. The monoisotopic (exact) mass is 494 g/mol. The first-order valence-corrected chi connectivity index (χ1v) is 9.72. The highest BCUT2D eigenvalue weighted by atomic mass is 127. The molecule has 1 fully saturated rings. The number of hydrogen-bond donors (Lipinski definition) is 2. The Morgan fingerprint density at radius 3 is 2.85 bits per heavy atom. The summed E-state index contributed by atoms with van der Waals surface area (Å²) in [7, 11) is 0. The smallest absolute Gasteiger partial charge is 0.226 e. The number of aliphatic imine (C=N–C) groups is 1. The molecule has 1 unspecified atom stereocenters. The van der Waals surface area contributed by atoms with E-state index in [0.717, 1.165) is 58.1 Å². The maximum atomic E-state index is 5.87. The average Bonchev–Trinajstić information content (AvgIpc) is 3.01. The van der Waals surface area contributed by atoms with Crippen LogP contribution in [0.25, 0.3) is 0 Å². The van der Waals surface area contributed by atoms with Gasteiger partial charge in [-0.1, -0.05) is 19.0 Å². The second kappa shape index (κ2) is 13.3. The van der Waals surface area contributed by atoms with Gasteiger partial charge in [-0.05, 0) is 26.2 Å². The van der Waals surface area contributed by atoms with Crippen molar-refractivity contribution in [3.05, 3.63) is 11.7 Å². The van der Waals surface area contributed by atoms with Gasteiger partial charge in [0.1, 0.15) is 0 Å². The van der Waals surface area contributed by atoms with Crippen molar-refractivity contribution < 1.29 is 9.26 Å². The van der Waals surface area contributed by atoms with Gasteiger partial charge in [-0.25, -0.2) is 0 Å². The molecule has 0 aliphatic carbocycles. The molecule has 156 valence electrons. The summed E-state index contributed by atoms with van der Waals surface area (Å²) < 4.78 is 11.0. The van der Waals surface area contributed by atoms with Crippen molar-refractivity contribution >= 4 is 29.9 Å². The topological polar surface area (TPSA) is 87.8 Å². The fourth-order valence-electron chi connectivity index (χ4n) is 3.00. The van der Waals surface area contributed by atoms with Gasteiger partial charge in [-0.2, -0.15) is 4.98 Å². The Labute approximate surface area is 179 Å². The van der Waals surface area contributed by atoms with Crippen LogP contribution < -0.4 is 10.6 Å². The first-order valence-electron chi connectivity index (χ1n) is 9.72. The minimum absolute atomic E-state index is 0. The zero-order chi connectivity index (χ0) is 18.8. The normalized spacial score (nSPS) is 18.4. The van der Waals surface area contributed by atoms with Crippen molar-refractivity contribution in [1.29, 1.82) is 0 Å². The fraction of sp³-hybridized carbons (Fsp3) is 0.833. The predicted molar refractivity (Wildman–Crippen MR) is 118 cm³/mol. The molecule has 0 radical (unpaired) electrons. The van der Waals surface area contributed by atoms with Crippen molar-refractivity contribution in [3.63, 3.8) is 0 Å². The molecule has 0 aromatic carbocycles. The molecule has 1 atom stereocenters. The summed E-state index contributed by atoms with van der Waals surface area (Å²) in [5.41, 5.74) is 0. The Kier molecular flexibility index (Phi) is 11.8. The van der Waals surface area contributed by atoms with Gasteiger partial charge in [0.25, 0.3) is 0 Å². The quantitative estimate of drug-likeness (QED) is 0.235. The number of morpholine rings is 1. The van der Waals surface area contributed by atoms with Crippen molar-refractivity contribution in [1.82, 2.24) is 25.7 Å². The summed E-state index contributed by atoms with van der Waals surface area (Å²) in [4.78, 5) is 11.4. The largest absolute Gasteiger partial charge is 0.374 e. The fourth-order valence-corrected chi connectivity index (χ4v) is 3.00. The zero-order valence-corrected chi connectivity index (χ0v) is 19.4. The van der Waals surface area contributed by atoms with Crippen LogP contribution in [0.5, 0.6) is 0 Å². The number of ether oxygens (including phenoxy) is 1. The summed E-state index contributed by atoms with van der Waals surface area (Å²) in [5, 5.41) is 10.5. The van der Waals surface area contributed by atoms with E-state index in [0.29, 0.717) is 24.2 Å². The summed E-state index contributed by atoms with van der Waals surface area (Å²) in [6.07, 6.45) is 1.84. The summed E-state index contributed by atoms with van der Waals surface area (Å²) in [6.45, 7) is 14.6. The molecule has 2 heterocycles. The number of halogens is 1. The van der Waals surface area contributed by atoms with Gasteiger partial charge >= 0.3 is 0 Å². The third-order valence-electron chi connectivity index (χ3n) is 4.07. The SMILES string of the molecule is CCNC(=NCC1CN(CC(C)C)CCO1)NCCCc1nc(C)no1.I. The Balaban J connectivity index is 0.00000364.